The molecular weight excluding hydrogens is 228 g/mol. The Hall–Kier alpha value is -0.410. The molecule has 18 heavy (non-hydrogen) atoms. The van der Waals surface area contributed by atoms with E-state index in [9.17, 15) is 4.79 Å². The van der Waals surface area contributed by atoms with Gasteiger partial charge >= 0.3 is 0 Å². The lowest BCUT2D eigenvalue weighted by Gasteiger charge is -2.54. The van der Waals surface area contributed by atoms with Crippen molar-refractivity contribution in [1.29, 1.82) is 0 Å². The number of methoxy groups -OCH3 is 1. The average Bonchev–Trinajstić information content (AvgIpc) is 2.66. The molecule has 1 heterocycles. The highest BCUT2D eigenvalue weighted by Gasteiger charge is 2.61. The van der Waals surface area contributed by atoms with E-state index in [-0.39, 0.29) is 11.5 Å². The van der Waals surface area contributed by atoms with E-state index < -0.39 is 5.79 Å². The SMILES string of the molecule is COC12CCC3(C)C(=O)CCC3C1CCC(C)O2. The summed E-state index contributed by atoms with van der Waals surface area (Å²) in [7, 11) is 1.77. The van der Waals surface area contributed by atoms with Gasteiger partial charge in [0.15, 0.2) is 5.79 Å². The summed E-state index contributed by atoms with van der Waals surface area (Å²) < 4.78 is 12.0. The first kappa shape index (κ1) is 12.6. The van der Waals surface area contributed by atoms with Crippen LogP contribution >= 0.6 is 0 Å². The third kappa shape index (κ3) is 1.53. The summed E-state index contributed by atoms with van der Waals surface area (Å²) in [5, 5.41) is 0. The first-order valence-corrected chi connectivity index (χ1v) is 7.28. The van der Waals surface area contributed by atoms with E-state index in [0.717, 1.165) is 38.5 Å². The van der Waals surface area contributed by atoms with E-state index in [1.54, 1.807) is 7.11 Å². The lowest BCUT2D eigenvalue weighted by Crippen LogP contribution is -2.57. The molecule has 0 N–H and O–H groups in total. The van der Waals surface area contributed by atoms with Crippen molar-refractivity contribution in [3.8, 4) is 0 Å². The molecule has 2 aliphatic carbocycles. The Bertz CT molecular complexity index is 367. The second-order valence-electron chi connectivity index (χ2n) is 6.61. The van der Waals surface area contributed by atoms with E-state index in [1.807, 2.05) is 0 Å². The van der Waals surface area contributed by atoms with Gasteiger partial charge in [-0.3, -0.25) is 4.79 Å². The number of Topliss-reactive ketones (excluding diaryl/α,β-unsaturated/α-hetero) is 1. The fraction of sp³-hybridized carbons (Fsp3) is 0.933. The monoisotopic (exact) mass is 252 g/mol. The molecule has 0 bridgehead atoms. The summed E-state index contributed by atoms with van der Waals surface area (Å²) in [6, 6.07) is 0. The van der Waals surface area contributed by atoms with Crippen LogP contribution in [0.3, 0.4) is 0 Å². The molecule has 0 spiro atoms. The Morgan fingerprint density at radius 3 is 2.72 bits per heavy atom. The van der Waals surface area contributed by atoms with E-state index in [2.05, 4.69) is 13.8 Å². The van der Waals surface area contributed by atoms with Crippen molar-refractivity contribution in [2.24, 2.45) is 17.3 Å². The fourth-order valence-corrected chi connectivity index (χ4v) is 4.68. The number of rotatable bonds is 1. The van der Waals surface area contributed by atoms with Crippen LogP contribution in [-0.4, -0.2) is 24.8 Å². The van der Waals surface area contributed by atoms with Crippen LogP contribution in [0.1, 0.15) is 52.4 Å². The largest absolute Gasteiger partial charge is 0.353 e. The second kappa shape index (κ2) is 4.04. The van der Waals surface area contributed by atoms with Crippen LogP contribution in [0.5, 0.6) is 0 Å². The maximum absolute atomic E-state index is 12.2. The molecule has 3 fully saturated rings. The topological polar surface area (TPSA) is 35.5 Å². The average molecular weight is 252 g/mol. The fourth-order valence-electron chi connectivity index (χ4n) is 4.68. The number of hydrogen-bond donors (Lipinski definition) is 0. The summed E-state index contributed by atoms with van der Waals surface area (Å²) in [6.07, 6.45) is 6.10. The van der Waals surface area contributed by atoms with Gasteiger partial charge in [0.1, 0.15) is 5.78 Å². The molecule has 0 amide bonds. The van der Waals surface area contributed by atoms with Crippen LogP contribution in [-0.2, 0) is 14.3 Å². The van der Waals surface area contributed by atoms with Crippen molar-refractivity contribution in [2.75, 3.05) is 7.11 Å². The van der Waals surface area contributed by atoms with Crippen LogP contribution in [0.25, 0.3) is 0 Å². The smallest absolute Gasteiger partial charge is 0.171 e. The van der Waals surface area contributed by atoms with Gasteiger partial charge in [-0.2, -0.15) is 0 Å². The zero-order valence-corrected chi connectivity index (χ0v) is 11.7. The van der Waals surface area contributed by atoms with Crippen molar-refractivity contribution >= 4 is 5.78 Å². The Morgan fingerprint density at radius 1 is 1.22 bits per heavy atom. The van der Waals surface area contributed by atoms with Crippen molar-refractivity contribution < 1.29 is 14.3 Å². The summed E-state index contributed by atoms with van der Waals surface area (Å²) in [5.41, 5.74) is -0.101. The molecule has 3 aliphatic rings. The Labute approximate surface area is 109 Å². The van der Waals surface area contributed by atoms with Gasteiger partial charge in [-0.25, -0.2) is 0 Å². The molecule has 0 radical (unpaired) electrons. The first-order valence-electron chi connectivity index (χ1n) is 7.28. The number of fused-ring (bicyclic) bond motifs is 3. The van der Waals surface area contributed by atoms with Crippen LogP contribution < -0.4 is 0 Å². The number of ketones is 1. The zero-order valence-electron chi connectivity index (χ0n) is 11.7. The van der Waals surface area contributed by atoms with Crippen LogP contribution in [0.15, 0.2) is 0 Å². The second-order valence-corrected chi connectivity index (χ2v) is 6.61. The van der Waals surface area contributed by atoms with E-state index in [0.29, 0.717) is 17.6 Å². The zero-order chi connectivity index (χ0) is 13.0. The molecule has 5 unspecified atom stereocenters. The van der Waals surface area contributed by atoms with E-state index in [1.165, 1.54) is 0 Å². The minimum atomic E-state index is -0.410. The van der Waals surface area contributed by atoms with Gasteiger partial charge in [0.25, 0.3) is 0 Å². The predicted molar refractivity (Wildman–Crippen MR) is 68.1 cm³/mol. The Kier molecular flexibility index (Phi) is 2.83. The molecule has 2 saturated carbocycles. The molecule has 3 nitrogen and oxygen atoms in total. The lowest BCUT2D eigenvalue weighted by molar-refractivity contribution is -0.323. The number of ether oxygens (including phenoxy) is 2. The molecule has 5 atom stereocenters. The third-order valence-electron chi connectivity index (χ3n) is 5.81. The molecule has 1 saturated heterocycles. The Morgan fingerprint density at radius 2 is 2.00 bits per heavy atom. The van der Waals surface area contributed by atoms with Gasteiger partial charge in [-0.05, 0) is 38.5 Å². The van der Waals surface area contributed by atoms with Gasteiger partial charge in [-0.1, -0.05) is 6.92 Å². The molecular formula is C15H24O3. The van der Waals surface area contributed by atoms with Crippen molar-refractivity contribution in [3.05, 3.63) is 0 Å². The maximum Gasteiger partial charge on any atom is 0.171 e. The molecule has 0 aromatic heterocycles. The van der Waals surface area contributed by atoms with Gasteiger partial charge in [-0.15, -0.1) is 0 Å². The van der Waals surface area contributed by atoms with Crippen LogP contribution in [0, 0.1) is 17.3 Å². The molecule has 3 heteroatoms. The van der Waals surface area contributed by atoms with Gasteiger partial charge in [0.2, 0.25) is 0 Å². The molecule has 0 aromatic carbocycles. The first-order chi connectivity index (χ1) is 8.52. The normalized spacial score (nSPS) is 51.9. The standard InChI is InChI=1S/C15H24O3/c1-10-4-5-12-11-6-7-13(16)14(11,2)8-9-15(12,17-3)18-10/h10-12H,4-9H2,1-3H3. The van der Waals surface area contributed by atoms with Crippen molar-refractivity contribution in [3.63, 3.8) is 0 Å². The molecule has 102 valence electrons. The summed E-state index contributed by atoms with van der Waals surface area (Å²) >= 11 is 0. The third-order valence-corrected chi connectivity index (χ3v) is 5.81. The van der Waals surface area contributed by atoms with Gasteiger partial charge in [0, 0.05) is 31.3 Å². The summed E-state index contributed by atoms with van der Waals surface area (Å²) in [6.45, 7) is 4.30. The van der Waals surface area contributed by atoms with Crippen LogP contribution in [0.4, 0.5) is 0 Å². The highest BCUT2D eigenvalue weighted by Crippen LogP contribution is 2.59. The number of hydrogen-bond acceptors (Lipinski definition) is 3. The maximum atomic E-state index is 12.2. The minimum Gasteiger partial charge on any atom is -0.353 e. The van der Waals surface area contributed by atoms with Gasteiger partial charge < -0.3 is 9.47 Å². The summed E-state index contributed by atoms with van der Waals surface area (Å²) in [4.78, 5) is 12.2. The van der Waals surface area contributed by atoms with Crippen LogP contribution in [0.2, 0.25) is 0 Å². The number of carbonyl (C=O) groups excluding carboxylic acids is 1. The molecule has 3 rings (SSSR count). The van der Waals surface area contributed by atoms with E-state index in [4.69, 9.17) is 9.47 Å². The molecule has 0 aromatic rings. The Balaban J connectivity index is 1.94. The van der Waals surface area contributed by atoms with E-state index >= 15 is 0 Å². The predicted octanol–water partition coefficient (Wildman–Crippen LogP) is 2.92. The molecule has 1 aliphatic heterocycles. The van der Waals surface area contributed by atoms with Crippen molar-refractivity contribution in [2.45, 2.75) is 64.3 Å². The van der Waals surface area contributed by atoms with Gasteiger partial charge in [0.05, 0.1) is 6.10 Å². The minimum absolute atomic E-state index is 0.101. The van der Waals surface area contributed by atoms with Crippen molar-refractivity contribution in [1.82, 2.24) is 0 Å². The quantitative estimate of drug-likeness (QED) is 0.720. The number of carbonyl (C=O) groups is 1. The highest BCUT2D eigenvalue weighted by molar-refractivity contribution is 5.87. The lowest BCUT2D eigenvalue weighted by atomic mass is 9.59. The highest BCUT2D eigenvalue weighted by atomic mass is 16.7. The summed E-state index contributed by atoms with van der Waals surface area (Å²) in [5.74, 6) is 0.929.